The lowest BCUT2D eigenvalue weighted by Crippen LogP contribution is -2.48. The topological polar surface area (TPSA) is 101 Å². The highest BCUT2D eigenvalue weighted by atomic mass is 16.6. The number of carboxylic acids is 1. The molecule has 7 nitrogen and oxygen atoms in total. The zero-order valence-corrected chi connectivity index (χ0v) is 11.5. The molecule has 20 heavy (non-hydrogen) atoms. The van der Waals surface area contributed by atoms with Gasteiger partial charge in [-0.15, -0.1) is 0 Å². The first-order chi connectivity index (χ1) is 9.12. The van der Waals surface area contributed by atoms with Gasteiger partial charge in [0, 0.05) is 23.2 Å². The standard InChI is InChI=1S/C13H16N2O5/c1-13(2,3)14(8-11(16)17)12(18)9-5-4-6-10(7-9)15(19)20/h4-7H,8H2,1-3H3,(H,16,17). The van der Waals surface area contributed by atoms with Crippen LogP contribution in [0.3, 0.4) is 0 Å². The number of benzene rings is 1. The van der Waals surface area contributed by atoms with Gasteiger partial charge >= 0.3 is 5.97 Å². The number of non-ortho nitro benzene ring substituents is 1. The van der Waals surface area contributed by atoms with Crippen molar-refractivity contribution in [3.63, 3.8) is 0 Å². The van der Waals surface area contributed by atoms with Crippen LogP contribution in [0.4, 0.5) is 5.69 Å². The average Bonchev–Trinajstić information content (AvgIpc) is 2.33. The van der Waals surface area contributed by atoms with E-state index < -0.39 is 28.9 Å². The Morgan fingerprint density at radius 2 is 1.95 bits per heavy atom. The van der Waals surface area contributed by atoms with E-state index in [9.17, 15) is 19.7 Å². The first kappa shape index (κ1) is 15.6. The van der Waals surface area contributed by atoms with E-state index in [0.29, 0.717) is 0 Å². The van der Waals surface area contributed by atoms with Gasteiger partial charge in [0.25, 0.3) is 11.6 Å². The largest absolute Gasteiger partial charge is 0.480 e. The van der Waals surface area contributed by atoms with E-state index in [1.165, 1.54) is 18.2 Å². The van der Waals surface area contributed by atoms with E-state index in [1.807, 2.05) is 0 Å². The molecular weight excluding hydrogens is 264 g/mol. The molecule has 0 fully saturated rings. The van der Waals surface area contributed by atoms with Gasteiger partial charge < -0.3 is 10.0 Å². The number of amides is 1. The van der Waals surface area contributed by atoms with Gasteiger partial charge in [-0.2, -0.15) is 0 Å². The van der Waals surface area contributed by atoms with Crippen LogP contribution in [0.25, 0.3) is 0 Å². The van der Waals surface area contributed by atoms with Crippen molar-refractivity contribution in [1.82, 2.24) is 4.90 Å². The minimum Gasteiger partial charge on any atom is -0.480 e. The molecule has 0 heterocycles. The van der Waals surface area contributed by atoms with Gasteiger partial charge in [0.1, 0.15) is 6.54 Å². The highest BCUT2D eigenvalue weighted by molar-refractivity contribution is 5.96. The lowest BCUT2D eigenvalue weighted by atomic mass is 10.0. The van der Waals surface area contributed by atoms with Crippen LogP contribution in [0, 0.1) is 10.1 Å². The lowest BCUT2D eigenvalue weighted by molar-refractivity contribution is -0.384. The van der Waals surface area contributed by atoms with E-state index in [2.05, 4.69) is 0 Å². The molecule has 0 atom stereocenters. The Morgan fingerprint density at radius 1 is 1.35 bits per heavy atom. The SMILES string of the molecule is CC(C)(C)N(CC(=O)O)C(=O)c1cccc([N+](=O)[O-])c1. The summed E-state index contributed by atoms with van der Waals surface area (Å²) in [6.07, 6.45) is 0. The third-order valence-corrected chi connectivity index (χ3v) is 2.65. The number of nitro benzene ring substituents is 1. The molecule has 0 saturated carbocycles. The van der Waals surface area contributed by atoms with Crippen molar-refractivity contribution in [2.24, 2.45) is 0 Å². The molecule has 0 aliphatic heterocycles. The maximum Gasteiger partial charge on any atom is 0.323 e. The van der Waals surface area contributed by atoms with Crippen LogP contribution in [0.2, 0.25) is 0 Å². The van der Waals surface area contributed by atoms with Gasteiger partial charge in [0.05, 0.1) is 4.92 Å². The van der Waals surface area contributed by atoms with Crippen LogP contribution in [0.15, 0.2) is 24.3 Å². The van der Waals surface area contributed by atoms with Crippen molar-refractivity contribution in [2.45, 2.75) is 26.3 Å². The van der Waals surface area contributed by atoms with Crippen molar-refractivity contribution < 1.29 is 19.6 Å². The van der Waals surface area contributed by atoms with Crippen LogP contribution in [-0.2, 0) is 4.79 Å². The van der Waals surface area contributed by atoms with Crippen LogP contribution in [0.5, 0.6) is 0 Å². The Kier molecular flexibility index (Phi) is 4.44. The number of carbonyl (C=O) groups excluding carboxylic acids is 1. The van der Waals surface area contributed by atoms with Gasteiger partial charge in [0.15, 0.2) is 0 Å². The molecule has 0 spiro atoms. The van der Waals surface area contributed by atoms with Crippen molar-refractivity contribution in [2.75, 3.05) is 6.54 Å². The number of nitrogens with zero attached hydrogens (tertiary/aromatic N) is 2. The maximum atomic E-state index is 12.3. The van der Waals surface area contributed by atoms with E-state index in [0.717, 1.165) is 11.0 Å². The Hall–Kier alpha value is -2.44. The molecule has 108 valence electrons. The summed E-state index contributed by atoms with van der Waals surface area (Å²) < 4.78 is 0. The Labute approximate surface area is 116 Å². The fourth-order valence-electron chi connectivity index (χ4n) is 1.66. The molecule has 1 aromatic carbocycles. The number of carboxylic acid groups (broad SMARTS) is 1. The van der Waals surface area contributed by atoms with E-state index in [1.54, 1.807) is 20.8 Å². The van der Waals surface area contributed by atoms with E-state index in [-0.39, 0.29) is 11.3 Å². The quantitative estimate of drug-likeness (QED) is 0.670. The van der Waals surface area contributed by atoms with Gasteiger partial charge in [-0.1, -0.05) is 6.07 Å². The van der Waals surface area contributed by atoms with E-state index in [4.69, 9.17) is 5.11 Å². The van der Waals surface area contributed by atoms with Crippen LogP contribution in [-0.4, -0.2) is 38.9 Å². The minimum absolute atomic E-state index is 0.0929. The smallest absolute Gasteiger partial charge is 0.323 e. The van der Waals surface area contributed by atoms with Crippen molar-refractivity contribution in [1.29, 1.82) is 0 Å². The minimum atomic E-state index is -1.14. The fraction of sp³-hybridized carbons (Fsp3) is 0.385. The van der Waals surface area contributed by atoms with Crippen molar-refractivity contribution in [3.05, 3.63) is 39.9 Å². The molecule has 1 amide bonds. The molecule has 1 rings (SSSR count). The molecule has 0 saturated heterocycles. The number of rotatable bonds is 4. The van der Waals surface area contributed by atoms with Gasteiger partial charge in [0.2, 0.25) is 0 Å². The molecule has 0 aliphatic rings. The summed E-state index contributed by atoms with van der Waals surface area (Å²) in [6, 6.07) is 5.24. The summed E-state index contributed by atoms with van der Waals surface area (Å²) in [4.78, 5) is 34.5. The Morgan fingerprint density at radius 3 is 2.40 bits per heavy atom. The number of hydrogen-bond donors (Lipinski definition) is 1. The van der Waals surface area contributed by atoms with Crippen molar-refractivity contribution in [3.8, 4) is 0 Å². The normalized spacial score (nSPS) is 10.9. The van der Waals surface area contributed by atoms with Crippen LogP contribution in [0.1, 0.15) is 31.1 Å². The summed E-state index contributed by atoms with van der Waals surface area (Å²) in [6.45, 7) is 4.63. The molecule has 0 bridgehead atoms. The Bertz CT molecular complexity index is 548. The first-order valence-electron chi connectivity index (χ1n) is 5.91. The highest BCUT2D eigenvalue weighted by Crippen LogP contribution is 2.20. The first-order valence-corrected chi connectivity index (χ1v) is 5.91. The molecule has 1 aromatic rings. The molecular formula is C13H16N2O5. The lowest BCUT2D eigenvalue weighted by Gasteiger charge is -2.34. The predicted octanol–water partition coefficient (Wildman–Crippen LogP) is 1.92. The van der Waals surface area contributed by atoms with Gasteiger partial charge in [-0.05, 0) is 26.8 Å². The number of hydrogen-bond acceptors (Lipinski definition) is 4. The molecule has 0 radical (unpaired) electrons. The third-order valence-electron chi connectivity index (χ3n) is 2.65. The summed E-state index contributed by atoms with van der Waals surface area (Å²) in [5.41, 5.74) is -0.824. The second kappa shape index (κ2) is 5.68. The monoisotopic (exact) mass is 280 g/mol. The summed E-state index contributed by atoms with van der Waals surface area (Å²) >= 11 is 0. The van der Waals surface area contributed by atoms with Crippen molar-refractivity contribution >= 4 is 17.6 Å². The van der Waals surface area contributed by atoms with Gasteiger partial charge in [-0.3, -0.25) is 19.7 Å². The summed E-state index contributed by atoms with van der Waals surface area (Å²) in [5.74, 6) is -1.69. The summed E-state index contributed by atoms with van der Waals surface area (Å²) in [5, 5.41) is 19.6. The molecule has 0 unspecified atom stereocenters. The van der Waals surface area contributed by atoms with Crippen LogP contribution >= 0.6 is 0 Å². The Balaban J connectivity index is 3.15. The molecule has 7 heteroatoms. The molecule has 1 N–H and O–H groups in total. The predicted molar refractivity (Wildman–Crippen MR) is 71.5 cm³/mol. The average molecular weight is 280 g/mol. The maximum absolute atomic E-state index is 12.3. The molecule has 0 aliphatic carbocycles. The zero-order valence-electron chi connectivity index (χ0n) is 11.5. The summed E-state index contributed by atoms with van der Waals surface area (Å²) in [7, 11) is 0. The van der Waals surface area contributed by atoms with E-state index >= 15 is 0 Å². The highest BCUT2D eigenvalue weighted by Gasteiger charge is 2.29. The number of carbonyl (C=O) groups is 2. The zero-order chi connectivity index (χ0) is 15.5. The third kappa shape index (κ3) is 3.78. The number of nitro groups is 1. The second-order valence-electron chi connectivity index (χ2n) is 5.26. The molecule has 0 aromatic heterocycles. The second-order valence-corrected chi connectivity index (χ2v) is 5.26. The van der Waals surface area contributed by atoms with Gasteiger partial charge in [-0.25, -0.2) is 0 Å². The van der Waals surface area contributed by atoms with Crippen LogP contribution < -0.4 is 0 Å². The number of aliphatic carboxylic acids is 1. The fourth-order valence-corrected chi connectivity index (χ4v) is 1.66.